The van der Waals surface area contributed by atoms with E-state index in [-0.39, 0.29) is 0 Å². The molecule has 5 aromatic rings. The SMILES string of the molecule is Cc1ccccc1N(c1ccccc1C)c1sc(-c2ccccn2)nc1-c1ccccc1. The van der Waals surface area contributed by atoms with Gasteiger partial charge in [0.25, 0.3) is 0 Å². The Bertz CT molecular complexity index is 1300. The number of nitrogens with zero attached hydrogens (tertiary/aromatic N) is 3. The maximum absolute atomic E-state index is 5.10. The topological polar surface area (TPSA) is 29.0 Å². The number of aromatic nitrogens is 2. The molecule has 0 amide bonds. The highest BCUT2D eigenvalue weighted by atomic mass is 32.1. The fourth-order valence-corrected chi connectivity index (χ4v) is 4.92. The van der Waals surface area contributed by atoms with Crippen LogP contribution in [0, 0.1) is 13.8 Å². The lowest BCUT2D eigenvalue weighted by Gasteiger charge is -2.27. The molecule has 2 heterocycles. The maximum Gasteiger partial charge on any atom is 0.144 e. The first-order valence-corrected chi connectivity index (χ1v) is 11.4. The highest BCUT2D eigenvalue weighted by Crippen LogP contribution is 2.47. The minimum atomic E-state index is 0.885. The maximum atomic E-state index is 5.10. The van der Waals surface area contributed by atoms with Crippen molar-refractivity contribution in [2.24, 2.45) is 0 Å². The Labute approximate surface area is 192 Å². The molecule has 3 aromatic carbocycles. The van der Waals surface area contributed by atoms with Crippen molar-refractivity contribution in [2.45, 2.75) is 13.8 Å². The average Bonchev–Trinajstić information content (AvgIpc) is 3.28. The lowest BCUT2D eigenvalue weighted by atomic mass is 10.1. The minimum Gasteiger partial charge on any atom is -0.300 e. The van der Waals surface area contributed by atoms with Gasteiger partial charge in [0.1, 0.15) is 15.7 Å². The zero-order valence-electron chi connectivity index (χ0n) is 18.1. The van der Waals surface area contributed by atoms with Gasteiger partial charge in [-0.2, -0.15) is 0 Å². The van der Waals surface area contributed by atoms with Crippen LogP contribution in [0.15, 0.2) is 103 Å². The van der Waals surface area contributed by atoms with Crippen LogP contribution in [0.25, 0.3) is 22.0 Å². The highest BCUT2D eigenvalue weighted by Gasteiger charge is 2.24. The summed E-state index contributed by atoms with van der Waals surface area (Å²) in [4.78, 5) is 12.0. The van der Waals surface area contributed by atoms with Gasteiger partial charge in [0.2, 0.25) is 0 Å². The van der Waals surface area contributed by atoms with E-state index in [0.29, 0.717) is 0 Å². The fourth-order valence-electron chi connectivity index (χ4n) is 3.82. The molecule has 0 saturated heterocycles. The van der Waals surface area contributed by atoms with E-state index in [0.717, 1.165) is 38.3 Å². The van der Waals surface area contributed by atoms with Crippen LogP contribution in [0.3, 0.4) is 0 Å². The smallest absolute Gasteiger partial charge is 0.144 e. The number of pyridine rings is 1. The number of para-hydroxylation sites is 2. The Hall–Kier alpha value is -3.76. The third-order valence-electron chi connectivity index (χ3n) is 5.46. The van der Waals surface area contributed by atoms with Crippen LogP contribution in [-0.4, -0.2) is 9.97 Å². The molecule has 0 unspecified atom stereocenters. The molecule has 5 rings (SSSR count). The van der Waals surface area contributed by atoms with E-state index in [1.54, 1.807) is 11.3 Å². The number of benzene rings is 3. The van der Waals surface area contributed by atoms with Crippen molar-refractivity contribution in [2.75, 3.05) is 4.90 Å². The summed E-state index contributed by atoms with van der Waals surface area (Å²) < 4.78 is 0. The van der Waals surface area contributed by atoms with E-state index in [4.69, 9.17) is 4.98 Å². The molecule has 0 saturated carbocycles. The number of rotatable bonds is 5. The summed E-state index contributed by atoms with van der Waals surface area (Å²) in [5.41, 5.74) is 7.65. The lowest BCUT2D eigenvalue weighted by molar-refractivity contribution is 1.23. The summed E-state index contributed by atoms with van der Waals surface area (Å²) in [5.74, 6) is 0. The minimum absolute atomic E-state index is 0.885. The summed E-state index contributed by atoms with van der Waals surface area (Å²) in [5, 5.41) is 1.99. The Morgan fingerprint density at radius 2 is 1.25 bits per heavy atom. The van der Waals surface area contributed by atoms with Gasteiger partial charge in [0.15, 0.2) is 0 Å². The van der Waals surface area contributed by atoms with Gasteiger partial charge in [-0.05, 0) is 49.2 Å². The number of thiazole rings is 1. The van der Waals surface area contributed by atoms with Gasteiger partial charge in [0.05, 0.1) is 5.69 Å². The molecular weight excluding hydrogens is 410 g/mol. The molecule has 3 nitrogen and oxygen atoms in total. The zero-order chi connectivity index (χ0) is 21.9. The molecule has 4 heteroatoms. The summed E-state index contributed by atoms with van der Waals surface area (Å²) in [6.07, 6.45) is 1.82. The van der Waals surface area contributed by atoms with Crippen LogP contribution in [-0.2, 0) is 0 Å². The normalized spacial score (nSPS) is 10.8. The van der Waals surface area contributed by atoms with Crippen molar-refractivity contribution in [1.82, 2.24) is 9.97 Å². The van der Waals surface area contributed by atoms with Gasteiger partial charge in [-0.3, -0.25) is 9.88 Å². The van der Waals surface area contributed by atoms with Crippen molar-refractivity contribution >= 4 is 27.7 Å². The van der Waals surface area contributed by atoms with E-state index in [9.17, 15) is 0 Å². The third kappa shape index (κ3) is 3.81. The van der Waals surface area contributed by atoms with Gasteiger partial charge in [-0.15, -0.1) is 0 Å². The average molecular weight is 434 g/mol. The monoisotopic (exact) mass is 433 g/mol. The molecule has 0 fully saturated rings. The van der Waals surface area contributed by atoms with E-state index in [1.165, 1.54) is 11.1 Å². The third-order valence-corrected chi connectivity index (χ3v) is 6.52. The Kier molecular flexibility index (Phi) is 5.53. The summed E-state index contributed by atoms with van der Waals surface area (Å²) >= 11 is 1.67. The van der Waals surface area contributed by atoms with Gasteiger partial charge in [-0.1, -0.05) is 84.1 Å². The molecule has 156 valence electrons. The Morgan fingerprint density at radius 1 is 0.656 bits per heavy atom. The second-order valence-corrected chi connectivity index (χ2v) is 8.64. The van der Waals surface area contributed by atoms with Crippen LogP contribution in [0.1, 0.15) is 11.1 Å². The van der Waals surface area contributed by atoms with Gasteiger partial charge in [-0.25, -0.2) is 4.98 Å². The van der Waals surface area contributed by atoms with Gasteiger partial charge in [0, 0.05) is 23.1 Å². The van der Waals surface area contributed by atoms with Crippen LogP contribution >= 0.6 is 11.3 Å². The lowest BCUT2D eigenvalue weighted by Crippen LogP contribution is -2.12. The second-order valence-electron chi connectivity index (χ2n) is 7.66. The predicted octanol–water partition coefficient (Wildman–Crippen LogP) is 7.96. The fraction of sp³-hybridized carbons (Fsp3) is 0.0714. The van der Waals surface area contributed by atoms with Crippen molar-refractivity contribution in [1.29, 1.82) is 0 Å². The Morgan fingerprint density at radius 3 is 1.84 bits per heavy atom. The zero-order valence-corrected chi connectivity index (χ0v) is 18.9. The molecular formula is C28H23N3S. The predicted molar refractivity (Wildman–Crippen MR) is 135 cm³/mol. The van der Waals surface area contributed by atoms with Crippen LogP contribution in [0.5, 0.6) is 0 Å². The van der Waals surface area contributed by atoms with E-state index in [1.807, 2.05) is 30.5 Å². The number of hydrogen-bond acceptors (Lipinski definition) is 4. The molecule has 0 atom stereocenters. The molecule has 0 aliphatic rings. The number of anilines is 3. The standard InChI is InChI=1S/C28H23N3S/c1-20-12-6-8-17-24(20)31(25-18-9-7-13-21(25)2)28-26(22-14-4-3-5-15-22)30-27(32-28)23-16-10-11-19-29-23/h3-19H,1-2H3. The van der Waals surface area contributed by atoms with Crippen molar-refractivity contribution in [3.8, 4) is 22.0 Å². The van der Waals surface area contributed by atoms with E-state index >= 15 is 0 Å². The quantitative estimate of drug-likeness (QED) is 0.281. The van der Waals surface area contributed by atoms with Crippen LogP contribution < -0.4 is 4.90 Å². The molecule has 0 N–H and O–H groups in total. The van der Waals surface area contributed by atoms with E-state index < -0.39 is 0 Å². The first-order valence-electron chi connectivity index (χ1n) is 10.6. The molecule has 0 aliphatic heterocycles. The first-order chi connectivity index (χ1) is 15.7. The van der Waals surface area contributed by atoms with Gasteiger partial charge < -0.3 is 0 Å². The van der Waals surface area contributed by atoms with Crippen LogP contribution in [0.4, 0.5) is 16.4 Å². The van der Waals surface area contributed by atoms with Crippen LogP contribution in [0.2, 0.25) is 0 Å². The van der Waals surface area contributed by atoms with Crippen molar-refractivity contribution < 1.29 is 0 Å². The first kappa shape index (κ1) is 20.2. The molecule has 0 aliphatic carbocycles. The molecule has 0 spiro atoms. The highest BCUT2D eigenvalue weighted by molar-refractivity contribution is 7.19. The van der Waals surface area contributed by atoms with E-state index in [2.05, 4.69) is 96.5 Å². The van der Waals surface area contributed by atoms with Crippen molar-refractivity contribution in [3.63, 3.8) is 0 Å². The summed E-state index contributed by atoms with van der Waals surface area (Å²) in [6.45, 7) is 4.31. The summed E-state index contributed by atoms with van der Waals surface area (Å²) in [6, 6.07) is 33.4. The molecule has 0 radical (unpaired) electrons. The molecule has 2 aromatic heterocycles. The largest absolute Gasteiger partial charge is 0.300 e. The van der Waals surface area contributed by atoms with Gasteiger partial charge >= 0.3 is 0 Å². The Balaban J connectivity index is 1.80. The second kappa shape index (κ2) is 8.77. The number of hydrogen-bond donors (Lipinski definition) is 0. The molecule has 0 bridgehead atoms. The molecule has 32 heavy (non-hydrogen) atoms. The summed E-state index contributed by atoms with van der Waals surface area (Å²) in [7, 11) is 0. The number of aryl methyl sites for hydroxylation is 2. The van der Waals surface area contributed by atoms with Crippen molar-refractivity contribution in [3.05, 3.63) is 114 Å².